The number of methoxy groups -OCH3 is 2. The summed E-state index contributed by atoms with van der Waals surface area (Å²) >= 11 is 0. The molecule has 0 saturated heterocycles. The van der Waals surface area contributed by atoms with Crippen LogP contribution in [0.3, 0.4) is 0 Å². The number of halogens is 1. The molecule has 102 valence electrons. The number of aromatic hydroxyl groups is 1. The first kappa shape index (κ1) is 14.9. The molecule has 0 spiro atoms. The first-order valence-electron chi connectivity index (χ1n) is 5.87. The number of hydrogen-bond acceptors (Lipinski definition) is 4. The second-order valence-corrected chi connectivity index (χ2v) is 4.48. The lowest BCUT2D eigenvalue weighted by Gasteiger charge is -2.32. The highest BCUT2D eigenvalue weighted by atomic mass is 35.5. The molecular formula is C13H20ClNO3. The van der Waals surface area contributed by atoms with E-state index in [9.17, 15) is 5.11 Å². The lowest BCUT2D eigenvalue weighted by Crippen LogP contribution is -2.27. The summed E-state index contributed by atoms with van der Waals surface area (Å²) in [4.78, 5) is 0. The maximum atomic E-state index is 9.57. The molecule has 1 saturated carbocycles. The van der Waals surface area contributed by atoms with Gasteiger partial charge in [-0.3, -0.25) is 0 Å². The molecule has 0 radical (unpaired) electrons. The van der Waals surface area contributed by atoms with Crippen LogP contribution in [0.5, 0.6) is 17.2 Å². The van der Waals surface area contributed by atoms with Gasteiger partial charge in [-0.25, -0.2) is 0 Å². The highest BCUT2D eigenvalue weighted by Gasteiger charge is 2.30. The second kappa shape index (κ2) is 6.16. The molecule has 1 aromatic rings. The van der Waals surface area contributed by atoms with E-state index in [2.05, 4.69) is 0 Å². The zero-order valence-electron chi connectivity index (χ0n) is 10.7. The van der Waals surface area contributed by atoms with Gasteiger partial charge in [-0.15, -0.1) is 12.4 Å². The predicted molar refractivity (Wildman–Crippen MR) is 72.7 cm³/mol. The lowest BCUT2D eigenvalue weighted by molar-refractivity contribution is 0.253. The minimum absolute atomic E-state index is 0. The van der Waals surface area contributed by atoms with Crippen molar-refractivity contribution in [2.75, 3.05) is 14.2 Å². The van der Waals surface area contributed by atoms with Crippen LogP contribution in [-0.4, -0.2) is 19.3 Å². The third kappa shape index (κ3) is 2.65. The molecule has 18 heavy (non-hydrogen) atoms. The summed E-state index contributed by atoms with van der Waals surface area (Å²) in [5.41, 5.74) is 7.12. The van der Waals surface area contributed by atoms with E-state index in [1.807, 2.05) is 0 Å². The zero-order valence-corrected chi connectivity index (χ0v) is 11.5. The smallest absolute Gasteiger partial charge is 0.131 e. The Morgan fingerprint density at radius 3 is 2.06 bits per heavy atom. The van der Waals surface area contributed by atoms with Gasteiger partial charge in [0, 0.05) is 18.2 Å². The van der Waals surface area contributed by atoms with Gasteiger partial charge in [0.05, 0.1) is 19.8 Å². The van der Waals surface area contributed by atoms with Crippen LogP contribution < -0.4 is 15.2 Å². The Bertz CT molecular complexity index is 382. The Balaban J connectivity index is 0.00000162. The topological polar surface area (TPSA) is 64.7 Å². The molecule has 1 aliphatic rings. The molecule has 0 bridgehead atoms. The monoisotopic (exact) mass is 273 g/mol. The minimum Gasteiger partial charge on any atom is -0.508 e. The molecule has 0 aromatic heterocycles. The first-order valence-corrected chi connectivity index (χ1v) is 5.87. The minimum atomic E-state index is -0.0887. The summed E-state index contributed by atoms with van der Waals surface area (Å²) in [6, 6.07) is 3.07. The van der Waals surface area contributed by atoms with Crippen LogP contribution in [0.2, 0.25) is 0 Å². The van der Waals surface area contributed by atoms with Crippen LogP contribution in [0.25, 0.3) is 0 Å². The summed E-state index contributed by atoms with van der Waals surface area (Å²) in [6.45, 7) is 0. The molecule has 0 heterocycles. The van der Waals surface area contributed by atoms with E-state index in [1.165, 1.54) is 6.42 Å². The molecule has 3 N–H and O–H groups in total. The van der Waals surface area contributed by atoms with E-state index < -0.39 is 0 Å². The van der Waals surface area contributed by atoms with Crippen LogP contribution in [-0.2, 0) is 0 Å². The van der Waals surface area contributed by atoms with Crippen LogP contribution in [0.1, 0.15) is 30.9 Å². The van der Waals surface area contributed by atoms with Crippen molar-refractivity contribution in [1.82, 2.24) is 0 Å². The van der Waals surface area contributed by atoms with Crippen molar-refractivity contribution < 1.29 is 14.6 Å². The largest absolute Gasteiger partial charge is 0.508 e. The van der Waals surface area contributed by atoms with Crippen molar-refractivity contribution in [3.63, 3.8) is 0 Å². The normalized spacial score (nSPS) is 16.4. The Hall–Kier alpha value is -1.13. The summed E-state index contributed by atoms with van der Waals surface area (Å²) in [5.74, 6) is 1.81. The highest BCUT2D eigenvalue weighted by molar-refractivity contribution is 5.85. The number of ether oxygens (including phenoxy) is 2. The quantitative estimate of drug-likeness (QED) is 0.885. The van der Waals surface area contributed by atoms with Crippen molar-refractivity contribution >= 4 is 12.4 Å². The van der Waals surface area contributed by atoms with E-state index >= 15 is 0 Å². The van der Waals surface area contributed by atoms with Gasteiger partial charge in [0.1, 0.15) is 17.2 Å². The van der Waals surface area contributed by atoms with Gasteiger partial charge in [0.15, 0.2) is 0 Å². The van der Waals surface area contributed by atoms with Crippen LogP contribution in [0, 0.1) is 5.92 Å². The lowest BCUT2D eigenvalue weighted by atomic mass is 9.77. The number of hydrogen-bond donors (Lipinski definition) is 2. The van der Waals surface area contributed by atoms with Crippen molar-refractivity contribution in [2.24, 2.45) is 11.7 Å². The van der Waals surface area contributed by atoms with Gasteiger partial charge in [-0.2, -0.15) is 0 Å². The molecule has 5 heteroatoms. The van der Waals surface area contributed by atoms with Crippen LogP contribution in [0.4, 0.5) is 0 Å². The fraction of sp³-hybridized carbons (Fsp3) is 0.538. The number of rotatable bonds is 4. The van der Waals surface area contributed by atoms with Gasteiger partial charge in [-0.05, 0) is 18.8 Å². The van der Waals surface area contributed by atoms with Crippen molar-refractivity contribution in [3.05, 3.63) is 17.7 Å². The summed E-state index contributed by atoms with van der Waals surface area (Å²) in [7, 11) is 3.15. The first-order chi connectivity index (χ1) is 8.17. The number of benzene rings is 1. The maximum absolute atomic E-state index is 9.57. The number of nitrogens with two attached hydrogens (primary N) is 1. The van der Waals surface area contributed by atoms with Gasteiger partial charge < -0.3 is 20.3 Å². The summed E-state index contributed by atoms with van der Waals surface area (Å²) in [5, 5.41) is 9.57. The van der Waals surface area contributed by atoms with E-state index in [0.717, 1.165) is 18.4 Å². The van der Waals surface area contributed by atoms with Gasteiger partial charge >= 0.3 is 0 Å². The molecule has 1 aromatic carbocycles. The highest BCUT2D eigenvalue weighted by Crippen LogP contribution is 2.44. The molecule has 4 nitrogen and oxygen atoms in total. The molecule has 0 amide bonds. The Labute approximate surface area is 113 Å². The average Bonchev–Trinajstić information content (AvgIpc) is 2.24. The fourth-order valence-electron chi connectivity index (χ4n) is 2.29. The Kier molecular flexibility index (Phi) is 5.11. The fourth-order valence-corrected chi connectivity index (χ4v) is 2.29. The molecule has 0 unspecified atom stereocenters. The van der Waals surface area contributed by atoms with E-state index in [1.54, 1.807) is 26.4 Å². The predicted octanol–water partition coefficient (Wildman–Crippen LogP) is 2.63. The van der Waals surface area contributed by atoms with E-state index in [0.29, 0.717) is 17.4 Å². The molecule has 1 aliphatic carbocycles. The van der Waals surface area contributed by atoms with Gasteiger partial charge in [0.2, 0.25) is 0 Å². The van der Waals surface area contributed by atoms with Crippen molar-refractivity contribution in [3.8, 4) is 17.2 Å². The van der Waals surface area contributed by atoms with Crippen LogP contribution >= 0.6 is 12.4 Å². The third-order valence-electron chi connectivity index (χ3n) is 3.52. The van der Waals surface area contributed by atoms with Crippen LogP contribution in [0.15, 0.2) is 12.1 Å². The maximum Gasteiger partial charge on any atom is 0.131 e. The van der Waals surface area contributed by atoms with Crippen molar-refractivity contribution in [1.29, 1.82) is 0 Å². The standard InChI is InChI=1S/C13H19NO3.ClH/c1-16-10-6-9(15)7-11(17-2)12(10)13(14)8-4-3-5-8;/h6-8,13,15H,3-5,14H2,1-2H3;1H/t13-;/m0./s1. The van der Waals surface area contributed by atoms with Crippen molar-refractivity contribution in [2.45, 2.75) is 25.3 Å². The molecule has 2 rings (SSSR count). The average molecular weight is 274 g/mol. The second-order valence-electron chi connectivity index (χ2n) is 4.48. The third-order valence-corrected chi connectivity index (χ3v) is 3.52. The zero-order chi connectivity index (χ0) is 12.4. The Morgan fingerprint density at radius 2 is 1.72 bits per heavy atom. The Morgan fingerprint density at radius 1 is 1.22 bits per heavy atom. The number of phenols is 1. The van der Waals surface area contributed by atoms with Gasteiger partial charge in [-0.1, -0.05) is 6.42 Å². The molecular weight excluding hydrogens is 254 g/mol. The number of phenolic OH excluding ortho intramolecular Hbond substituents is 1. The van der Waals surface area contributed by atoms with E-state index in [4.69, 9.17) is 15.2 Å². The van der Waals surface area contributed by atoms with E-state index in [-0.39, 0.29) is 24.2 Å². The molecule has 1 atom stereocenters. The summed E-state index contributed by atoms with van der Waals surface area (Å²) < 4.78 is 10.6. The summed E-state index contributed by atoms with van der Waals surface area (Å²) in [6.07, 6.45) is 3.53. The molecule has 1 fully saturated rings. The SMILES string of the molecule is COc1cc(O)cc(OC)c1[C@@H](N)C1CCC1.Cl. The molecule has 0 aliphatic heterocycles. The van der Waals surface area contributed by atoms with Gasteiger partial charge in [0.25, 0.3) is 0 Å².